The summed E-state index contributed by atoms with van der Waals surface area (Å²) in [7, 11) is 0. The van der Waals surface area contributed by atoms with Crippen molar-refractivity contribution >= 4 is 18.3 Å². The molecule has 130 valence electrons. The van der Waals surface area contributed by atoms with Crippen LogP contribution in [-0.2, 0) is 4.79 Å². The van der Waals surface area contributed by atoms with Crippen LogP contribution in [0, 0.1) is 5.92 Å². The molecule has 3 N–H and O–H groups in total. The smallest absolute Gasteiger partial charge is 0.391 e. The number of aliphatic hydroxyl groups excluding tert-OH is 1. The second kappa shape index (κ2) is 8.52. The van der Waals surface area contributed by atoms with Gasteiger partial charge in [-0.3, -0.25) is 4.79 Å². The molecule has 1 aliphatic heterocycles. The molecule has 1 aliphatic rings. The van der Waals surface area contributed by atoms with Crippen LogP contribution in [0.4, 0.5) is 13.2 Å². The van der Waals surface area contributed by atoms with Gasteiger partial charge < -0.3 is 15.7 Å². The summed E-state index contributed by atoms with van der Waals surface area (Å²) in [5, 5.41) is 15.0. The molecular formula is C15H20ClF3N2O2. The van der Waals surface area contributed by atoms with Gasteiger partial charge in [0.05, 0.1) is 12.0 Å². The molecule has 23 heavy (non-hydrogen) atoms. The number of carbonyl (C=O) groups excluding carboxylic acids is 1. The molecule has 8 heteroatoms. The Hall–Kier alpha value is -1.31. The van der Waals surface area contributed by atoms with Gasteiger partial charge in [0.2, 0.25) is 5.91 Å². The summed E-state index contributed by atoms with van der Waals surface area (Å²) in [5.74, 6) is -2.64. The van der Waals surface area contributed by atoms with Crippen molar-refractivity contribution in [3.8, 4) is 0 Å². The van der Waals surface area contributed by atoms with Crippen molar-refractivity contribution in [2.45, 2.75) is 24.6 Å². The number of aliphatic hydroxyl groups is 1. The van der Waals surface area contributed by atoms with Crippen LogP contribution in [0.15, 0.2) is 30.3 Å². The Labute approximate surface area is 138 Å². The van der Waals surface area contributed by atoms with Crippen LogP contribution in [0.25, 0.3) is 0 Å². The largest absolute Gasteiger partial charge is 0.396 e. The summed E-state index contributed by atoms with van der Waals surface area (Å²) in [6.07, 6.45) is -5.70. The molecule has 0 radical (unpaired) electrons. The molecule has 2 rings (SSSR count). The first-order chi connectivity index (χ1) is 10.4. The van der Waals surface area contributed by atoms with Crippen LogP contribution in [0.1, 0.15) is 17.9 Å². The van der Waals surface area contributed by atoms with Crippen LogP contribution >= 0.6 is 12.4 Å². The Kier molecular flexibility index (Phi) is 7.31. The Bertz CT molecular complexity index is 499. The minimum atomic E-state index is -4.48. The number of rotatable bonds is 5. The summed E-state index contributed by atoms with van der Waals surface area (Å²) < 4.78 is 39.4. The molecular weight excluding hydrogens is 333 g/mol. The molecule has 1 aromatic rings. The van der Waals surface area contributed by atoms with Crippen molar-refractivity contribution in [1.82, 2.24) is 10.6 Å². The number of hydrogen-bond donors (Lipinski definition) is 3. The van der Waals surface area contributed by atoms with Gasteiger partial charge in [0.15, 0.2) is 0 Å². The zero-order chi connectivity index (χ0) is 16.2. The zero-order valence-corrected chi connectivity index (χ0v) is 13.2. The zero-order valence-electron chi connectivity index (χ0n) is 12.3. The molecule has 4 nitrogen and oxygen atoms in total. The second-order valence-corrected chi connectivity index (χ2v) is 5.50. The van der Waals surface area contributed by atoms with Gasteiger partial charge in [-0.25, -0.2) is 0 Å². The van der Waals surface area contributed by atoms with Gasteiger partial charge in [-0.15, -0.1) is 12.4 Å². The summed E-state index contributed by atoms with van der Waals surface area (Å²) in [6, 6.07) is 7.41. The summed E-state index contributed by atoms with van der Waals surface area (Å²) >= 11 is 0. The second-order valence-electron chi connectivity index (χ2n) is 5.50. The van der Waals surface area contributed by atoms with Crippen LogP contribution in [-0.4, -0.2) is 42.9 Å². The van der Waals surface area contributed by atoms with Crippen LogP contribution in [0.2, 0.25) is 0 Å². The Morgan fingerprint density at radius 1 is 1.30 bits per heavy atom. The lowest BCUT2D eigenvalue weighted by molar-refractivity contribution is -0.157. The lowest BCUT2D eigenvalue weighted by Crippen LogP contribution is -2.36. The van der Waals surface area contributed by atoms with E-state index in [-0.39, 0.29) is 30.4 Å². The molecule has 0 aromatic heterocycles. The lowest BCUT2D eigenvalue weighted by Gasteiger charge is -2.21. The van der Waals surface area contributed by atoms with Crippen molar-refractivity contribution in [2.24, 2.45) is 5.92 Å². The quantitative estimate of drug-likeness (QED) is 0.758. The first-order valence-corrected chi connectivity index (χ1v) is 7.15. The minimum absolute atomic E-state index is 0. The summed E-state index contributed by atoms with van der Waals surface area (Å²) in [4.78, 5) is 11.8. The normalized spacial score (nSPS) is 22.3. The van der Waals surface area contributed by atoms with Crippen molar-refractivity contribution in [2.75, 3.05) is 19.6 Å². The number of alkyl halides is 3. The molecule has 0 saturated carbocycles. The van der Waals surface area contributed by atoms with Gasteiger partial charge in [0.25, 0.3) is 0 Å². The average molecular weight is 353 g/mol. The summed E-state index contributed by atoms with van der Waals surface area (Å²) in [6.45, 7) is 1.16. The molecule has 0 bridgehead atoms. The molecule has 0 aliphatic carbocycles. The maximum Gasteiger partial charge on any atom is 0.396 e. The number of nitrogens with one attached hydrogen (secondary N) is 2. The SMILES string of the molecule is Cl.O=C(CC(c1ccccc1)C(F)(F)F)NCC1CNCC1O. The number of halogens is 4. The number of hydrogen-bond acceptors (Lipinski definition) is 3. The standard InChI is InChI=1S/C15H19F3N2O2.ClH/c16-15(17,18)12(10-4-2-1-3-5-10)6-14(22)20-8-11-7-19-9-13(11)21;/h1-5,11-13,19,21H,6-9H2,(H,20,22);1H. The highest BCUT2D eigenvalue weighted by molar-refractivity contribution is 5.85. The molecule has 1 heterocycles. The highest BCUT2D eigenvalue weighted by atomic mass is 35.5. The van der Waals surface area contributed by atoms with E-state index in [9.17, 15) is 23.1 Å². The Morgan fingerprint density at radius 3 is 2.48 bits per heavy atom. The van der Waals surface area contributed by atoms with Crippen LogP contribution < -0.4 is 10.6 Å². The molecule has 1 aromatic carbocycles. The fraction of sp³-hybridized carbons (Fsp3) is 0.533. The van der Waals surface area contributed by atoms with Crippen molar-refractivity contribution in [3.63, 3.8) is 0 Å². The number of β-amino-alcohol motifs (C(OH)–C–C–N with tert-alkyl or cyclic N) is 1. The van der Waals surface area contributed by atoms with Crippen molar-refractivity contribution in [1.29, 1.82) is 0 Å². The van der Waals surface area contributed by atoms with E-state index in [1.807, 2.05) is 0 Å². The third-order valence-corrected chi connectivity index (χ3v) is 3.85. The van der Waals surface area contributed by atoms with E-state index in [1.54, 1.807) is 6.07 Å². The van der Waals surface area contributed by atoms with E-state index < -0.39 is 30.5 Å². The third-order valence-electron chi connectivity index (χ3n) is 3.85. The van der Waals surface area contributed by atoms with Crippen LogP contribution in [0.3, 0.4) is 0 Å². The Morgan fingerprint density at radius 2 is 1.96 bits per heavy atom. The van der Waals surface area contributed by atoms with E-state index in [0.717, 1.165) is 0 Å². The van der Waals surface area contributed by atoms with Crippen molar-refractivity contribution in [3.05, 3.63) is 35.9 Å². The topological polar surface area (TPSA) is 61.4 Å². The van der Waals surface area contributed by atoms with Crippen molar-refractivity contribution < 1.29 is 23.1 Å². The first-order valence-electron chi connectivity index (χ1n) is 7.15. The van der Waals surface area contributed by atoms with E-state index in [4.69, 9.17) is 0 Å². The molecule has 1 fully saturated rings. The van der Waals surface area contributed by atoms with Gasteiger partial charge in [-0.2, -0.15) is 13.2 Å². The fourth-order valence-electron chi connectivity index (χ4n) is 2.54. The molecule has 1 saturated heterocycles. The van der Waals surface area contributed by atoms with E-state index in [0.29, 0.717) is 13.1 Å². The predicted octanol–water partition coefficient (Wildman–Crippen LogP) is 1.84. The third kappa shape index (κ3) is 5.67. The van der Waals surface area contributed by atoms with Gasteiger partial charge in [0, 0.05) is 32.0 Å². The monoisotopic (exact) mass is 352 g/mol. The molecule has 3 atom stereocenters. The summed E-state index contributed by atoms with van der Waals surface area (Å²) in [5.41, 5.74) is 0.0766. The Balaban J connectivity index is 0.00000264. The number of benzene rings is 1. The van der Waals surface area contributed by atoms with E-state index in [1.165, 1.54) is 24.3 Å². The number of carbonyl (C=O) groups is 1. The van der Waals surface area contributed by atoms with Gasteiger partial charge in [0.1, 0.15) is 0 Å². The molecule has 3 unspecified atom stereocenters. The maximum absolute atomic E-state index is 13.1. The first kappa shape index (κ1) is 19.7. The minimum Gasteiger partial charge on any atom is -0.391 e. The van der Waals surface area contributed by atoms with Gasteiger partial charge >= 0.3 is 6.18 Å². The predicted molar refractivity (Wildman–Crippen MR) is 82.5 cm³/mol. The van der Waals surface area contributed by atoms with Gasteiger partial charge in [-0.1, -0.05) is 30.3 Å². The highest BCUT2D eigenvalue weighted by Crippen LogP contribution is 2.37. The fourth-order valence-corrected chi connectivity index (χ4v) is 2.54. The molecule has 1 amide bonds. The van der Waals surface area contributed by atoms with Crippen LogP contribution in [0.5, 0.6) is 0 Å². The van der Waals surface area contributed by atoms with E-state index in [2.05, 4.69) is 10.6 Å². The maximum atomic E-state index is 13.1. The lowest BCUT2D eigenvalue weighted by atomic mass is 9.94. The molecule has 0 spiro atoms. The van der Waals surface area contributed by atoms with E-state index >= 15 is 0 Å². The number of amides is 1. The average Bonchev–Trinajstić information content (AvgIpc) is 2.87. The van der Waals surface area contributed by atoms with Gasteiger partial charge in [-0.05, 0) is 5.56 Å². The highest BCUT2D eigenvalue weighted by Gasteiger charge is 2.41.